The number of benzene rings is 3. The van der Waals surface area contributed by atoms with Crippen molar-refractivity contribution in [2.75, 3.05) is 6.54 Å². The first kappa shape index (κ1) is 45.1. The number of alkyl halides is 3. The molecule has 3 heterocycles. The monoisotopic (exact) mass is 925 g/mol. The highest BCUT2D eigenvalue weighted by molar-refractivity contribution is 7.90. The average molecular weight is 926 g/mol. The SMILES string of the molecule is C=C[C@@H]1C[C@]1(CC(=O)[C@@H]1C[C@@H](Oc2nc(-c3ccc(C(F)(F)F)cc3)nc3c2oc2ccccc23)CN1C(=O)[C@@H](Cc1cccc(C(=O)NC2CC2)c1)C(C)(C)C)C(=O)NS(=O)(=O)C1CC1. The molecule has 0 unspecified atom stereocenters. The highest BCUT2D eigenvalue weighted by atomic mass is 32.2. The summed E-state index contributed by atoms with van der Waals surface area (Å²) in [7, 11) is -3.94. The van der Waals surface area contributed by atoms with Crippen molar-refractivity contribution in [1.82, 2.24) is 24.9 Å². The molecule has 2 N–H and O–H groups in total. The Hall–Kier alpha value is -6.10. The van der Waals surface area contributed by atoms with Crippen LogP contribution >= 0.6 is 0 Å². The largest absolute Gasteiger partial charge is 0.470 e. The van der Waals surface area contributed by atoms with Gasteiger partial charge >= 0.3 is 6.18 Å². The Bertz CT molecular complexity index is 2890. The molecule has 5 atom stereocenters. The third-order valence-corrected chi connectivity index (χ3v) is 15.1. The summed E-state index contributed by atoms with van der Waals surface area (Å²) in [6.45, 7) is 9.49. The maximum Gasteiger partial charge on any atom is 0.416 e. The van der Waals surface area contributed by atoms with Gasteiger partial charge in [-0.05, 0) is 91.8 Å². The molecular formula is C49H50F3N5O8S. The van der Waals surface area contributed by atoms with E-state index in [0.29, 0.717) is 34.9 Å². The lowest BCUT2D eigenvalue weighted by Crippen LogP contribution is -2.48. The average Bonchev–Trinajstić information content (AvgIpc) is 4.22. The zero-order valence-corrected chi connectivity index (χ0v) is 37.5. The van der Waals surface area contributed by atoms with Crippen LogP contribution in [0.1, 0.15) is 87.2 Å². The van der Waals surface area contributed by atoms with Gasteiger partial charge in [0.25, 0.3) is 11.8 Å². The minimum absolute atomic E-state index is 0.0452. The standard InChI is InChI=1S/C49H50F3N5O8S/c1-5-30-24-48(30,46(61)56-66(62,63)34-19-20-34)25-38(58)37-23-33(26-57(37)45(60)36(47(2,3)4)22-27-9-8-10-29(21-27)43(59)53-32-17-18-32)64-44-41-40(35-11-6-7-12-39(35)65-41)54-42(55-44)28-13-15-31(16-14-28)49(50,51)52/h5-16,21,30,32-34,36-37H,1,17-20,22-26H2,2-4H3,(H,53,59)(H,56,61)/t30-,33-,36-,37+,48-/m1/s1. The molecule has 1 saturated heterocycles. The molecular weight excluding hydrogens is 876 g/mol. The fraction of sp³-hybridized carbons (Fsp3) is 0.429. The van der Waals surface area contributed by atoms with E-state index in [1.807, 2.05) is 26.8 Å². The molecule has 66 heavy (non-hydrogen) atoms. The summed E-state index contributed by atoms with van der Waals surface area (Å²) < 4.78 is 81.5. The number of allylic oxidation sites excluding steroid dienone is 1. The van der Waals surface area contributed by atoms with Gasteiger partial charge in [0.1, 0.15) is 17.2 Å². The van der Waals surface area contributed by atoms with Crippen molar-refractivity contribution in [2.45, 2.75) is 102 Å². The van der Waals surface area contributed by atoms with Crippen LogP contribution in [-0.4, -0.2) is 76.8 Å². The first-order valence-corrected chi connectivity index (χ1v) is 23.7. The zero-order chi connectivity index (χ0) is 46.9. The smallest absolute Gasteiger partial charge is 0.416 e. The maximum absolute atomic E-state index is 15.2. The molecule has 2 aromatic heterocycles. The number of likely N-dealkylation sites (tertiary alicyclic amines) is 1. The topological polar surface area (TPSA) is 178 Å². The van der Waals surface area contributed by atoms with E-state index in [0.717, 1.165) is 30.5 Å². The minimum atomic E-state index is -4.57. The van der Waals surface area contributed by atoms with E-state index in [2.05, 4.69) is 21.6 Å². The molecule has 3 saturated carbocycles. The molecule has 0 spiro atoms. The highest BCUT2D eigenvalue weighted by Gasteiger charge is 2.61. The third-order valence-electron chi connectivity index (χ3n) is 13.3. The van der Waals surface area contributed by atoms with Crippen LogP contribution < -0.4 is 14.8 Å². The molecule has 3 aromatic carbocycles. The van der Waals surface area contributed by atoms with Crippen LogP contribution in [0.25, 0.3) is 33.5 Å². The van der Waals surface area contributed by atoms with E-state index in [9.17, 15) is 36.0 Å². The Balaban J connectivity index is 1.06. The van der Waals surface area contributed by atoms with E-state index in [1.165, 1.54) is 23.1 Å². The Labute approximate surface area is 379 Å². The Morgan fingerprint density at radius 3 is 2.36 bits per heavy atom. The summed E-state index contributed by atoms with van der Waals surface area (Å²) in [4.78, 5) is 67.7. The number of aromatic nitrogens is 2. The lowest BCUT2D eigenvalue weighted by molar-refractivity contribution is -0.144. The number of ketones is 1. The van der Waals surface area contributed by atoms with Crippen LogP contribution in [0.4, 0.5) is 13.2 Å². The summed E-state index contributed by atoms with van der Waals surface area (Å²) >= 11 is 0. The normalized spacial score (nSPS) is 22.5. The number of furan rings is 1. The number of hydrogen-bond donors (Lipinski definition) is 2. The van der Waals surface area contributed by atoms with Gasteiger partial charge in [-0.1, -0.05) is 63.2 Å². The van der Waals surface area contributed by atoms with Crippen molar-refractivity contribution in [3.05, 3.63) is 102 Å². The van der Waals surface area contributed by atoms with Crippen molar-refractivity contribution in [3.8, 4) is 17.3 Å². The molecule has 3 amide bonds. The highest BCUT2D eigenvalue weighted by Crippen LogP contribution is 2.57. The Morgan fingerprint density at radius 2 is 1.71 bits per heavy atom. The zero-order valence-electron chi connectivity index (χ0n) is 36.7. The van der Waals surface area contributed by atoms with Crippen molar-refractivity contribution in [1.29, 1.82) is 0 Å². The number of rotatable bonds is 15. The van der Waals surface area contributed by atoms with Gasteiger partial charge in [-0.3, -0.25) is 23.9 Å². The molecule has 1 aliphatic heterocycles. The number of halogens is 3. The lowest BCUT2D eigenvalue weighted by Gasteiger charge is -2.35. The van der Waals surface area contributed by atoms with Gasteiger partial charge in [-0.25, -0.2) is 13.4 Å². The van der Waals surface area contributed by atoms with E-state index < -0.39 is 73.5 Å². The van der Waals surface area contributed by atoms with Crippen LogP contribution in [0.15, 0.2) is 89.9 Å². The molecule has 0 radical (unpaired) electrons. The second kappa shape index (κ2) is 16.7. The summed E-state index contributed by atoms with van der Waals surface area (Å²) in [5, 5.41) is 2.93. The molecule has 13 nitrogen and oxygen atoms in total. The van der Waals surface area contributed by atoms with Gasteiger partial charge < -0.3 is 19.4 Å². The van der Waals surface area contributed by atoms with Crippen molar-refractivity contribution >= 4 is 55.6 Å². The number of ether oxygens (including phenoxy) is 1. The van der Waals surface area contributed by atoms with Gasteiger partial charge in [-0.2, -0.15) is 18.2 Å². The number of sulfonamides is 1. The number of fused-ring (bicyclic) bond motifs is 3. The lowest BCUT2D eigenvalue weighted by atomic mass is 9.76. The number of nitrogens with zero attached hydrogens (tertiary/aromatic N) is 3. The third kappa shape index (κ3) is 9.05. The van der Waals surface area contributed by atoms with Crippen LogP contribution in [-0.2, 0) is 37.0 Å². The fourth-order valence-electron chi connectivity index (χ4n) is 9.02. The van der Waals surface area contributed by atoms with Crippen LogP contribution in [0, 0.1) is 22.7 Å². The second-order valence-electron chi connectivity index (χ2n) is 19.3. The predicted molar refractivity (Wildman–Crippen MR) is 238 cm³/mol. The summed E-state index contributed by atoms with van der Waals surface area (Å²) in [6, 6.07) is 17.6. The Kier molecular flexibility index (Phi) is 11.4. The fourth-order valence-corrected chi connectivity index (χ4v) is 10.4. The van der Waals surface area contributed by atoms with Crippen molar-refractivity contribution in [3.63, 3.8) is 0 Å². The summed E-state index contributed by atoms with van der Waals surface area (Å²) in [5.41, 5.74) is -0.488. The molecule has 0 bridgehead atoms. The van der Waals surface area contributed by atoms with E-state index in [4.69, 9.17) is 14.1 Å². The number of hydrogen-bond acceptors (Lipinski definition) is 10. The van der Waals surface area contributed by atoms with Crippen LogP contribution in [0.2, 0.25) is 0 Å². The van der Waals surface area contributed by atoms with E-state index in [1.54, 1.807) is 42.5 Å². The first-order valence-electron chi connectivity index (χ1n) is 22.2. The van der Waals surface area contributed by atoms with Crippen LogP contribution in [0.3, 0.4) is 0 Å². The first-order chi connectivity index (χ1) is 31.2. The van der Waals surface area contributed by atoms with Gasteiger partial charge in [0.05, 0.1) is 28.8 Å². The molecule has 9 rings (SSSR count). The molecule has 3 aliphatic carbocycles. The van der Waals surface area contributed by atoms with Crippen molar-refractivity contribution in [2.24, 2.45) is 22.7 Å². The van der Waals surface area contributed by atoms with Crippen LogP contribution in [0.5, 0.6) is 5.88 Å². The number of carbonyl (C=O) groups excluding carboxylic acids is 4. The maximum atomic E-state index is 15.2. The molecule has 17 heteroatoms. The van der Waals surface area contributed by atoms with E-state index in [-0.39, 0.29) is 72.9 Å². The van der Waals surface area contributed by atoms with Gasteiger partial charge in [0.2, 0.25) is 27.4 Å². The van der Waals surface area contributed by atoms with Gasteiger partial charge in [0.15, 0.2) is 11.6 Å². The summed E-state index contributed by atoms with van der Waals surface area (Å²) in [5.74, 6) is -3.02. The molecule has 4 fully saturated rings. The quantitative estimate of drug-likeness (QED) is 0.0980. The number of carbonyl (C=O) groups is 4. The molecule has 4 aliphatic rings. The second-order valence-corrected chi connectivity index (χ2v) is 21.2. The Morgan fingerprint density at radius 1 is 0.985 bits per heavy atom. The van der Waals surface area contributed by atoms with Gasteiger partial charge in [0, 0.05) is 41.3 Å². The minimum Gasteiger partial charge on any atom is -0.470 e. The predicted octanol–water partition coefficient (Wildman–Crippen LogP) is 7.97. The number of Topliss-reactive ketones (excluding diaryl/α,β-unsaturated/α-hetero) is 1. The molecule has 346 valence electrons. The number of amides is 3. The van der Waals surface area contributed by atoms with Gasteiger partial charge in [-0.15, -0.1) is 6.58 Å². The number of para-hydroxylation sites is 1. The van der Waals surface area contributed by atoms with Crippen molar-refractivity contribution < 1.29 is 49.9 Å². The van der Waals surface area contributed by atoms with E-state index >= 15 is 4.79 Å². The number of nitrogens with one attached hydrogen (secondary N) is 2. The summed E-state index contributed by atoms with van der Waals surface area (Å²) in [6.07, 6.45) is -1.19. The molecule has 5 aromatic rings.